The maximum Gasteiger partial charge on any atom is 0.255 e. The van der Waals surface area contributed by atoms with E-state index in [1.165, 1.54) is 11.1 Å². The fourth-order valence-corrected chi connectivity index (χ4v) is 3.87. The van der Waals surface area contributed by atoms with Crippen molar-refractivity contribution in [2.45, 2.75) is 37.6 Å². The van der Waals surface area contributed by atoms with Crippen molar-refractivity contribution in [3.8, 4) is 0 Å². The predicted octanol–water partition coefficient (Wildman–Crippen LogP) is 2.73. The molecule has 1 fully saturated rings. The lowest BCUT2D eigenvalue weighted by Crippen LogP contribution is -2.31. The van der Waals surface area contributed by atoms with Crippen molar-refractivity contribution < 1.29 is 9.53 Å². The molecule has 0 spiro atoms. The van der Waals surface area contributed by atoms with Crippen LogP contribution in [0.3, 0.4) is 0 Å². The Balaban J connectivity index is 1.57. The highest BCUT2D eigenvalue weighted by atomic mass is 16.5. The summed E-state index contributed by atoms with van der Waals surface area (Å²) in [6.07, 6.45) is 5.96. The molecule has 1 aliphatic carbocycles. The maximum atomic E-state index is 12.9. The third-order valence-electron chi connectivity index (χ3n) is 5.09. The number of hydrogen-bond acceptors (Lipinski definition) is 3. The van der Waals surface area contributed by atoms with Crippen LogP contribution in [0, 0.1) is 0 Å². The zero-order valence-corrected chi connectivity index (χ0v) is 14.0. The lowest BCUT2D eigenvalue weighted by atomic mass is 9.87. The van der Waals surface area contributed by atoms with Crippen LogP contribution in [0.15, 0.2) is 30.5 Å². The van der Waals surface area contributed by atoms with Crippen molar-refractivity contribution in [2.75, 3.05) is 13.2 Å². The van der Waals surface area contributed by atoms with Gasteiger partial charge in [-0.2, -0.15) is 5.10 Å². The second-order valence-electron chi connectivity index (χ2n) is 6.78. The molecule has 24 heavy (non-hydrogen) atoms. The Hall–Kier alpha value is -2.14. The third kappa shape index (κ3) is 2.84. The van der Waals surface area contributed by atoms with Crippen LogP contribution in [0.1, 0.15) is 58.4 Å². The first-order valence-corrected chi connectivity index (χ1v) is 8.72. The summed E-state index contributed by atoms with van der Waals surface area (Å²) in [6.45, 7) is 1.40. The average molecular weight is 325 g/mol. The first kappa shape index (κ1) is 15.4. The van der Waals surface area contributed by atoms with E-state index in [2.05, 4.69) is 34.7 Å². The van der Waals surface area contributed by atoms with Gasteiger partial charge in [-0.3, -0.25) is 9.48 Å². The lowest BCUT2D eigenvalue weighted by Gasteiger charge is -2.26. The summed E-state index contributed by atoms with van der Waals surface area (Å²) < 4.78 is 7.20. The van der Waals surface area contributed by atoms with E-state index in [4.69, 9.17) is 4.74 Å². The summed E-state index contributed by atoms with van der Waals surface area (Å²) in [7, 11) is 1.87. The number of carbonyl (C=O) groups excluding carboxylic acids is 1. The summed E-state index contributed by atoms with van der Waals surface area (Å²) in [5.74, 6) is 0.206. The number of hydrogen-bond donors (Lipinski definition) is 1. The Labute approximate surface area is 142 Å². The van der Waals surface area contributed by atoms with Crippen LogP contribution >= 0.6 is 0 Å². The Bertz CT molecular complexity index is 747. The summed E-state index contributed by atoms with van der Waals surface area (Å²) in [4.78, 5) is 12.9. The lowest BCUT2D eigenvalue weighted by molar-refractivity contribution is 0.0931. The van der Waals surface area contributed by atoms with Crippen LogP contribution in [0.25, 0.3) is 0 Å². The zero-order chi connectivity index (χ0) is 16.5. The number of benzene rings is 1. The third-order valence-corrected chi connectivity index (χ3v) is 5.09. The minimum Gasteiger partial charge on any atom is -0.381 e. The second kappa shape index (κ2) is 6.40. The SMILES string of the molecule is Cn1cc(C(=O)N[C@@H]2CCCc3ccccc32)c([C@H]2CCOC2)n1. The van der Waals surface area contributed by atoms with Gasteiger partial charge >= 0.3 is 0 Å². The number of fused-ring (bicyclic) bond motifs is 1. The zero-order valence-electron chi connectivity index (χ0n) is 14.0. The number of ether oxygens (including phenoxy) is 1. The van der Waals surface area contributed by atoms with E-state index < -0.39 is 0 Å². The van der Waals surface area contributed by atoms with E-state index in [1.54, 1.807) is 4.68 Å². The Morgan fingerprint density at radius 1 is 1.33 bits per heavy atom. The van der Waals surface area contributed by atoms with Crippen molar-refractivity contribution in [3.05, 3.63) is 52.8 Å². The molecule has 5 heteroatoms. The highest BCUT2D eigenvalue weighted by Crippen LogP contribution is 2.31. The minimum atomic E-state index is -0.0216. The molecular weight excluding hydrogens is 302 g/mol. The van der Waals surface area contributed by atoms with Gasteiger partial charge < -0.3 is 10.1 Å². The first-order chi connectivity index (χ1) is 11.7. The fraction of sp³-hybridized carbons (Fsp3) is 0.474. The molecule has 0 saturated carbocycles. The molecular formula is C19H23N3O2. The molecule has 0 bridgehead atoms. The molecule has 5 nitrogen and oxygen atoms in total. The van der Waals surface area contributed by atoms with Gasteiger partial charge in [-0.25, -0.2) is 0 Å². The molecule has 126 valence electrons. The maximum absolute atomic E-state index is 12.9. The van der Waals surface area contributed by atoms with Crippen LogP contribution in [0.5, 0.6) is 0 Å². The number of aromatic nitrogens is 2. The Morgan fingerprint density at radius 3 is 3.04 bits per heavy atom. The molecule has 1 aromatic carbocycles. The molecule has 4 rings (SSSR count). The van der Waals surface area contributed by atoms with Crippen LogP contribution in [-0.4, -0.2) is 28.9 Å². The molecule has 2 atom stereocenters. The molecule has 0 unspecified atom stereocenters. The molecule has 1 aromatic heterocycles. The largest absolute Gasteiger partial charge is 0.381 e. The molecule has 1 aliphatic heterocycles. The molecule has 1 saturated heterocycles. The van der Waals surface area contributed by atoms with E-state index >= 15 is 0 Å². The van der Waals surface area contributed by atoms with Crippen molar-refractivity contribution in [2.24, 2.45) is 7.05 Å². The van der Waals surface area contributed by atoms with E-state index in [0.29, 0.717) is 12.2 Å². The summed E-state index contributed by atoms with van der Waals surface area (Å²) >= 11 is 0. The summed E-state index contributed by atoms with van der Waals surface area (Å²) in [5, 5.41) is 7.76. The van der Waals surface area contributed by atoms with E-state index in [-0.39, 0.29) is 17.9 Å². The quantitative estimate of drug-likeness (QED) is 0.944. The topological polar surface area (TPSA) is 56.2 Å². The van der Waals surface area contributed by atoms with Crippen molar-refractivity contribution >= 4 is 5.91 Å². The van der Waals surface area contributed by atoms with E-state index in [1.807, 2.05) is 13.2 Å². The van der Waals surface area contributed by atoms with Gasteiger partial charge in [0.1, 0.15) is 0 Å². The second-order valence-corrected chi connectivity index (χ2v) is 6.78. The monoisotopic (exact) mass is 325 g/mol. The van der Waals surface area contributed by atoms with Gasteiger partial charge in [-0.05, 0) is 36.8 Å². The normalized spacial score (nSPS) is 23.0. The van der Waals surface area contributed by atoms with Gasteiger partial charge in [0.25, 0.3) is 5.91 Å². The molecule has 2 aromatic rings. The van der Waals surface area contributed by atoms with Crippen LogP contribution in [-0.2, 0) is 18.2 Å². The standard InChI is InChI=1S/C19H23N3O2/c1-22-11-16(18(21-22)14-9-10-24-12-14)19(23)20-17-8-4-6-13-5-2-3-7-15(13)17/h2-3,5,7,11,14,17H,4,6,8-10,12H2,1H3,(H,20,23)/t14-,17+/m0/s1. The smallest absolute Gasteiger partial charge is 0.255 e. The first-order valence-electron chi connectivity index (χ1n) is 8.72. The van der Waals surface area contributed by atoms with Crippen molar-refractivity contribution in [3.63, 3.8) is 0 Å². The minimum absolute atomic E-state index is 0.0216. The molecule has 1 N–H and O–H groups in total. The highest BCUT2D eigenvalue weighted by molar-refractivity contribution is 5.95. The fourth-order valence-electron chi connectivity index (χ4n) is 3.87. The van der Waals surface area contributed by atoms with Gasteiger partial charge in [-0.1, -0.05) is 24.3 Å². The average Bonchev–Trinajstić information content (AvgIpc) is 3.24. The van der Waals surface area contributed by atoms with E-state index in [9.17, 15) is 4.79 Å². The number of aryl methyl sites for hydroxylation is 2. The number of nitrogens with zero attached hydrogens (tertiary/aromatic N) is 2. The predicted molar refractivity (Wildman–Crippen MR) is 91.0 cm³/mol. The van der Waals surface area contributed by atoms with E-state index in [0.717, 1.165) is 38.0 Å². The summed E-state index contributed by atoms with van der Waals surface area (Å²) in [5.41, 5.74) is 4.17. The number of amides is 1. The van der Waals surface area contributed by atoms with Gasteiger partial charge in [0.2, 0.25) is 0 Å². The van der Waals surface area contributed by atoms with Crippen molar-refractivity contribution in [1.29, 1.82) is 0 Å². The van der Waals surface area contributed by atoms with Crippen LogP contribution < -0.4 is 5.32 Å². The number of rotatable bonds is 3. The molecule has 0 radical (unpaired) electrons. The summed E-state index contributed by atoms with van der Waals surface area (Å²) in [6, 6.07) is 8.51. The number of carbonyl (C=O) groups is 1. The Morgan fingerprint density at radius 2 is 2.21 bits per heavy atom. The molecule has 2 aliphatic rings. The van der Waals surface area contributed by atoms with Crippen LogP contribution in [0.4, 0.5) is 0 Å². The van der Waals surface area contributed by atoms with Gasteiger partial charge in [-0.15, -0.1) is 0 Å². The Kier molecular flexibility index (Phi) is 4.10. The van der Waals surface area contributed by atoms with Crippen molar-refractivity contribution in [1.82, 2.24) is 15.1 Å². The van der Waals surface area contributed by atoms with Gasteiger partial charge in [0.05, 0.1) is 23.9 Å². The number of nitrogens with one attached hydrogen (secondary N) is 1. The highest BCUT2D eigenvalue weighted by Gasteiger charge is 2.28. The molecule has 2 heterocycles. The van der Waals surface area contributed by atoms with Gasteiger partial charge in [0.15, 0.2) is 0 Å². The van der Waals surface area contributed by atoms with Crippen LogP contribution in [0.2, 0.25) is 0 Å². The molecule has 1 amide bonds. The van der Waals surface area contributed by atoms with Gasteiger partial charge in [0, 0.05) is 25.8 Å².